The van der Waals surface area contributed by atoms with Crippen LogP contribution >= 0.6 is 23.5 Å². The molecule has 0 radical (unpaired) electrons. The van der Waals surface area contributed by atoms with Crippen LogP contribution in [0.5, 0.6) is 0 Å². The first-order chi connectivity index (χ1) is 7.58. The molecule has 2 saturated heterocycles. The van der Waals surface area contributed by atoms with Gasteiger partial charge in [0.25, 0.3) is 0 Å². The predicted octanol–water partition coefficient (Wildman–Crippen LogP) is 2.04. The smallest absolute Gasteiger partial charge is 0.0423 e. The molecule has 0 aromatic heterocycles. The summed E-state index contributed by atoms with van der Waals surface area (Å²) in [6.07, 6.45) is 2.64. The first-order valence-electron chi connectivity index (χ1n) is 6.25. The lowest BCUT2D eigenvalue weighted by atomic mass is 9.91. The molecular formula is C12H24N2S2. The van der Waals surface area contributed by atoms with Crippen molar-refractivity contribution in [3.8, 4) is 0 Å². The van der Waals surface area contributed by atoms with E-state index < -0.39 is 0 Å². The molecule has 0 aliphatic carbocycles. The lowest BCUT2D eigenvalue weighted by molar-refractivity contribution is 0.0967. The maximum absolute atomic E-state index is 6.10. The van der Waals surface area contributed by atoms with Crippen LogP contribution in [0.15, 0.2) is 0 Å². The van der Waals surface area contributed by atoms with Gasteiger partial charge < -0.3 is 5.73 Å². The summed E-state index contributed by atoms with van der Waals surface area (Å²) in [5.41, 5.74) is 6.40. The summed E-state index contributed by atoms with van der Waals surface area (Å²) in [5, 5.41) is 0. The highest BCUT2D eigenvalue weighted by Gasteiger charge is 2.41. The Kier molecular flexibility index (Phi) is 4.15. The van der Waals surface area contributed by atoms with E-state index in [0.29, 0.717) is 10.3 Å². The van der Waals surface area contributed by atoms with Crippen LogP contribution in [0.2, 0.25) is 0 Å². The fraction of sp³-hybridized carbons (Fsp3) is 1.00. The third kappa shape index (κ3) is 2.71. The SMILES string of the molecule is CC1(C)CN(C2(CN)CCCSC2)CCS1. The number of hydrogen-bond donors (Lipinski definition) is 1. The highest BCUT2D eigenvalue weighted by Crippen LogP contribution is 2.37. The Morgan fingerprint density at radius 3 is 2.69 bits per heavy atom. The van der Waals surface area contributed by atoms with Crippen LogP contribution in [0.1, 0.15) is 26.7 Å². The molecule has 2 aliphatic rings. The third-order valence-corrected chi connectivity index (χ3v) is 6.39. The van der Waals surface area contributed by atoms with Crippen molar-refractivity contribution < 1.29 is 0 Å². The summed E-state index contributed by atoms with van der Waals surface area (Å²) in [6.45, 7) is 8.00. The molecule has 0 spiro atoms. The van der Waals surface area contributed by atoms with Crippen molar-refractivity contribution in [2.45, 2.75) is 37.0 Å². The standard InChI is InChI=1S/C12H24N2S2/c1-11(2)9-14(5-7-16-11)12(8-13)4-3-6-15-10-12/h3-10,13H2,1-2H3. The largest absolute Gasteiger partial charge is 0.329 e. The van der Waals surface area contributed by atoms with Gasteiger partial charge in [-0.15, -0.1) is 0 Å². The molecule has 94 valence electrons. The van der Waals surface area contributed by atoms with E-state index in [1.165, 1.54) is 43.2 Å². The molecule has 2 fully saturated rings. The Balaban J connectivity index is 2.08. The van der Waals surface area contributed by atoms with Gasteiger partial charge in [-0.3, -0.25) is 4.90 Å². The Bertz CT molecular complexity index is 237. The Labute approximate surface area is 108 Å². The van der Waals surface area contributed by atoms with E-state index in [-0.39, 0.29) is 0 Å². The van der Waals surface area contributed by atoms with Crippen LogP contribution in [0, 0.1) is 0 Å². The van der Waals surface area contributed by atoms with Gasteiger partial charge in [-0.2, -0.15) is 23.5 Å². The number of thioether (sulfide) groups is 2. The second kappa shape index (κ2) is 5.09. The van der Waals surface area contributed by atoms with E-state index >= 15 is 0 Å². The van der Waals surface area contributed by atoms with Crippen LogP contribution in [0.3, 0.4) is 0 Å². The molecule has 1 unspecified atom stereocenters. The van der Waals surface area contributed by atoms with Gasteiger partial charge in [0, 0.05) is 41.4 Å². The van der Waals surface area contributed by atoms with Crippen molar-refractivity contribution in [3.63, 3.8) is 0 Å². The van der Waals surface area contributed by atoms with Crippen molar-refractivity contribution in [2.24, 2.45) is 5.73 Å². The van der Waals surface area contributed by atoms with E-state index in [0.717, 1.165) is 6.54 Å². The van der Waals surface area contributed by atoms with Gasteiger partial charge >= 0.3 is 0 Å². The number of rotatable bonds is 2. The molecule has 2 heterocycles. The molecule has 4 heteroatoms. The van der Waals surface area contributed by atoms with Crippen molar-refractivity contribution in [3.05, 3.63) is 0 Å². The minimum absolute atomic E-state index is 0.307. The zero-order chi connectivity index (χ0) is 11.6. The number of nitrogens with two attached hydrogens (primary N) is 1. The molecule has 2 rings (SSSR count). The molecular weight excluding hydrogens is 236 g/mol. The van der Waals surface area contributed by atoms with Crippen molar-refractivity contribution in [1.29, 1.82) is 0 Å². The zero-order valence-electron chi connectivity index (χ0n) is 10.5. The minimum atomic E-state index is 0.307. The Hall–Kier alpha value is 0.620. The minimum Gasteiger partial charge on any atom is -0.329 e. The van der Waals surface area contributed by atoms with Gasteiger partial charge in [-0.25, -0.2) is 0 Å². The average molecular weight is 260 g/mol. The van der Waals surface area contributed by atoms with Gasteiger partial charge in [0.1, 0.15) is 0 Å². The molecule has 16 heavy (non-hydrogen) atoms. The maximum atomic E-state index is 6.10. The molecule has 0 aromatic carbocycles. The van der Waals surface area contributed by atoms with E-state index in [1.807, 2.05) is 0 Å². The summed E-state index contributed by atoms with van der Waals surface area (Å²) in [5.74, 6) is 3.83. The normalized spacial score (nSPS) is 36.2. The van der Waals surface area contributed by atoms with Crippen molar-refractivity contribution in [1.82, 2.24) is 4.90 Å². The van der Waals surface area contributed by atoms with Crippen LogP contribution in [0.4, 0.5) is 0 Å². The van der Waals surface area contributed by atoms with Crippen LogP contribution < -0.4 is 5.73 Å². The monoisotopic (exact) mass is 260 g/mol. The topological polar surface area (TPSA) is 29.3 Å². The number of nitrogens with zero attached hydrogens (tertiary/aromatic N) is 1. The molecule has 1 atom stereocenters. The van der Waals surface area contributed by atoms with E-state index in [4.69, 9.17) is 5.73 Å². The van der Waals surface area contributed by atoms with Crippen molar-refractivity contribution >= 4 is 23.5 Å². The fourth-order valence-electron chi connectivity index (χ4n) is 2.80. The van der Waals surface area contributed by atoms with E-state index in [9.17, 15) is 0 Å². The van der Waals surface area contributed by atoms with Crippen LogP contribution in [-0.2, 0) is 0 Å². The first kappa shape index (κ1) is 13.1. The van der Waals surface area contributed by atoms with Crippen LogP contribution in [-0.4, -0.2) is 52.1 Å². The second-order valence-corrected chi connectivity index (χ2v) is 8.52. The lowest BCUT2D eigenvalue weighted by Crippen LogP contribution is -2.61. The quantitative estimate of drug-likeness (QED) is 0.823. The van der Waals surface area contributed by atoms with E-state index in [2.05, 4.69) is 42.3 Å². The zero-order valence-corrected chi connectivity index (χ0v) is 12.1. The molecule has 0 bridgehead atoms. The highest BCUT2D eigenvalue weighted by atomic mass is 32.2. The first-order valence-corrected chi connectivity index (χ1v) is 8.39. The lowest BCUT2D eigenvalue weighted by Gasteiger charge is -2.50. The summed E-state index contributed by atoms with van der Waals surface area (Å²) < 4.78 is 0.405. The average Bonchev–Trinajstić information content (AvgIpc) is 2.29. The third-order valence-electron chi connectivity index (χ3n) is 3.78. The highest BCUT2D eigenvalue weighted by molar-refractivity contribution is 8.00. The van der Waals surface area contributed by atoms with Crippen molar-refractivity contribution in [2.75, 3.05) is 36.9 Å². The summed E-state index contributed by atoms with van der Waals surface area (Å²) >= 11 is 4.20. The van der Waals surface area contributed by atoms with Crippen LogP contribution in [0.25, 0.3) is 0 Å². The molecule has 0 aromatic rings. The maximum Gasteiger partial charge on any atom is 0.0423 e. The second-order valence-electron chi connectivity index (χ2n) is 5.61. The van der Waals surface area contributed by atoms with Gasteiger partial charge in [-0.05, 0) is 32.4 Å². The Morgan fingerprint density at radius 1 is 1.31 bits per heavy atom. The molecule has 0 amide bonds. The van der Waals surface area contributed by atoms with Gasteiger partial charge in [0.15, 0.2) is 0 Å². The summed E-state index contributed by atoms with van der Waals surface area (Å²) in [4.78, 5) is 2.69. The Morgan fingerprint density at radius 2 is 2.12 bits per heavy atom. The molecule has 2 N–H and O–H groups in total. The molecule has 2 nitrogen and oxygen atoms in total. The van der Waals surface area contributed by atoms with E-state index in [1.54, 1.807) is 0 Å². The molecule has 0 saturated carbocycles. The summed E-state index contributed by atoms with van der Waals surface area (Å²) in [7, 11) is 0. The van der Waals surface area contributed by atoms with Gasteiger partial charge in [0.05, 0.1) is 0 Å². The van der Waals surface area contributed by atoms with Gasteiger partial charge in [-0.1, -0.05) is 0 Å². The predicted molar refractivity (Wildman–Crippen MR) is 76.5 cm³/mol. The van der Waals surface area contributed by atoms with Gasteiger partial charge in [0.2, 0.25) is 0 Å². The summed E-state index contributed by atoms with van der Waals surface area (Å²) in [6, 6.07) is 0. The molecule has 2 aliphatic heterocycles. The number of hydrogen-bond acceptors (Lipinski definition) is 4. The fourth-order valence-corrected chi connectivity index (χ4v) is 5.23.